The van der Waals surface area contributed by atoms with Gasteiger partial charge in [-0.25, -0.2) is 0 Å². The molecule has 1 aliphatic carbocycles. The third-order valence-corrected chi connectivity index (χ3v) is 2.44. The highest BCUT2D eigenvalue weighted by Crippen LogP contribution is 2.27. The maximum absolute atomic E-state index is 9.45. The zero-order chi connectivity index (χ0) is 9.10. The van der Waals surface area contributed by atoms with E-state index >= 15 is 0 Å². The second kappa shape index (κ2) is 3.79. The summed E-state index contributed by atoms with van der Waals surface area (Å²) in [5, 5.41) is 12.8. The van der Waals surface area contributed by atoms with Gasteiger partial charge in [-0.1, -0.05) is 18.2 Å². The molecule has 2 N–H and O–H groups in total. The van der Waals surface area contributed by atoms with E-state index in [1.54, 1.807) is 6.07 Å². The Kier molecular flexibility index (Phi) is 2.50. The number of phenols is 1. The molecule has 1 aliphatic rings. The fourth-order valence-electron chi connectivity index (χ4n) is 1.39. The molecule has 2 rings (SSSR count). The first-order valence-electron chi connectivity index (χ1n) is 4.84. The van der Waals surface area contributed by atoms with Crippen molar-refractivity contribution >= 4 is 0 Å². The Balaban J connectivity index is 1.82. The molecule has 13 heavy (non-hydrogen) atoms. The van der Waals surface area contributed by atoms with Gasteiger partial charge in [0.25, 0.3) is 0 Å². The Morgan fingerprint density at radius 2 is 2.08 bits per heavy atom. The Morgan fingerprint density at radius 3 is 2.77 bits per heavy atom. The van der Waals surface area contributed by atoms with E-state index in [2.05, 4.69) is 5.32 Å². The Labute approximate surface area is 78.6 Å². The van der Waals surface area contributed by atoms with E-state index in [9.17, 15) is 5.11 Å². The Morgan fingerprint density at radius 1 is 1.31 bits per heavy atom. The predicted octanol–water partition coefficient (Wildman–Crippen LogP) is 1.89. The summed E-state index contributed by atoms with van der Waals surface area (Å²) in [7, 11) is 0. The van der Waals surface area contributed by atoms with Crippen LogP contribution in [0.25, 0.3) is 0 Å². The lowest BCUT2D eigenvalue weighted by molar-refractivity contribution is 0.464. The molecule has 0 unspecified atom stereocenters. The number of para-hydroxylation sites is 1. The Bertz CT molecular complexity index is 281. The van der Waals surface area contributed by atoms with Crippen LogP contribution in [0, 0.1) is 5.92 Å². The zero-order valence-corrected chi connectivity index (χ0v) is 7.66. The van der Waals surface area contributed by atoms with Gasteiger partial charge >= 0.3 is 0 Å². The molecular weight excluding hydrogens is 162 g/mol. The van der Waals surface area contributed by atoms with Crippen molar-refractivity contribution in [3.05, 3.63) is 29.8 Å². The molecule has 0 atom stereocenters. The van der Waals surface area contributed by atoms with Gasteiger partial charge in [-0.05, 0) is 31.4 Å². The van der Waals surface area contributed by atoms with Crippen LogP contribution in [0.15, 0.2) is 24.3 Å². The predicted molar refractivity (Wildman–Crippen MR) is 52.5 cm³/mol. The van der Waals surface area contributed by atoms with Crippen molar-refractivity contribution in [3.8, 4) is 5.75 Å². The summed E-state index contributed by atoms with van der Waals surface area (Å²) < 4.78 is 0. The summed E-state index contributed by atoms with van der Waals surface area (Å²) in [6.45, 7) is 1.87. The topological polar surface area (TPSA) is 32.3 Å². The third-order valence-electron chi connectivity index (χ3n) is 2.44. The molecule has 0 saturated heterocycles. The van der Waals surface area contributed by atoms with Gasteiger partial charge in [-0.15, -0.1) is 0 Å². The van der Waals surface area contributed by atoms with Crippen LogP contribution in [0.3, 0.4) is 0 Å². The molecule has 1 fully saturated rings. The summed E-state index contributed by atoms with van der Waals surface area (Å²) in [6.07, 6.45) is 2.74. The van der Waals surface area contributed by atoms with Crippen molar-refractivity contribution < 1.29 is 5.11 Å². The number of benzene rings is 1. The van der Waals surface area contributed by atoms with E-state index < -0.39 is 0 Å². The molecule has 0 heterocycles. The van der Waals surface area contributed by atoms with Crippen LogP contribution in [0.1, 0.15) is 18.4 Å². The average molecular weight is 177 g/mol. The number of nitrogens with one attached hydrogen (secondary N) is 1. The van der Waals surface area contributed by atoms with Gasteiger partial charge in [0.15, 0.2) is 0 Å². The lowest BCUT2D eigenvalue weighted by atomic mass is 10.2. The van der Waals surface area contributed by atoms with Crippen molar-refractivity contribution in [1.82, 2.24) is 5.32 Å². The molecule has 1 aromatic rings. The normalized spacial score (nSPS) is 16.0. The van der Waals surface area contributed by atoms with Crippen molar-refractivity contribution in [2.45, 2.75) is 19.4 Å². The van der Waals surface area contributed by atoms with Gasteiger partial charge < -0.3 is 10.4 Å². The third kappa shape index (κ3) is 2.46. The summed E-state index contributed by atoms with van der Waals surface area (Å²) in [5.74, 6) is 1.29. The molecular formula is C11H15NO. The molecule has 0 spiro atoms. The quantitative estimate of drug-likeness (QED) is 0.736. The molecule has 0 aromatic heterocycles. The minimum absolute atomic E-state index is 0.394. The summed E-state index contributed by atoms with van der Waals surface area (Å²) in [5.41, 5.74) is 0.989. The van der Waals surface area contributed by atoms with Crippen molar-refractivity contribution in [1.29, 1.82) is 0 Å². The fourth-order valence-corrected chi connectivity index (χ4v) is 1.39. The summed E-state index contributed by atoms with van der Waals surface area (Å²) >= 11 is 0. The first-order chi connectivity index (χ1) is 6.36. The van der Waals surface area contributed by atoms with Crippen LogP contribution < -0.4 is 5.32 Å². The minimum Gasteiger partial charge on any atom is -0.508 e. The highest BCUT2D eigenvalue weighted by molar-refractivity contribution is 5.31. The van der Waals surface area contributed by atoms with Crippen LogP contribution in [-0.4, -0.2) is 11.7 Å². The molecule has 1 aromatic carbocycles. The largest absolute Gasteiger partial charge is 0.508 e. The summed E-state index contributed by atoms with van der Waals surface area (Å²) in [6, 6.07) is 7.48. The number of hydrogen-bond donors (Lipinski definition) is 2. The van der Waals surface area contributed by atoms with E-state index in [0.29, 0.717) is 5.75 Å². The van der Waals surface area contributed by atoms with Crippen LogP contribution in [0.4, 0.5) is 0 Å². The molecule has 0 amide bonds. The lowest BCUT2D eigenvalue weighted by Crippen LogP contribution is -2.15. The number of aromatic hydroxyl groups is 1. The molecule has 0 radical (unpaired) electrons. The number of rotatable bonds is 4. The monoisotopic (exact) mass is 177 g/mol. The van der Waals surface area contributed by atoms with Gasteiger partial charge in [0, 0.05) is 12.1 Å². The minimum atomic E-state index is 0.394. The first-order valence-corrected chi connectivity index (χ1v) is 4.84. The smallest absolute Gasteiger partial charge is 0.120 e. The molecule has 2 nitrogen and oxygen atoms in total. The Hall–Kier alpha value is -1.02. The van der Waals surface area contributed by atoms with Crippen molar-refractivity contribution in [3.63, 3.8) is 0 Å². The second-order valence-electron chi connectivity index (χ2n) is 3.70. The number of phenolic OH excluding ortho intramolecular Hbond substituents is 1. The zero-order valence-electron chi connectivity index (χ0n) is 7.66. The molecule has 0 bridgehead atoms. The van der Waals surface area contributed by atoms with E-state index in [-0.39, 0.29) is 0 Å². The van der Waals surface area contributed by atoms with Crippen LogP contribution in [0.2, 0.25) is 0 Å². The molecule has 70 valence electrons. The number of hydrogen-bond acceptors (Lipinski definition) is 2. The first kappa shape index (κ1) is 8.57. The molecule has 1 saturated carbocycles. The van der Waals surface area contributed by atoms with Gasteiger partial charge in [0.2, 0.25) is 0 Å². The molecule has 0 aliphatic heterocycles. The van der Waals surface area contributed by atoms with Gasteiger partial charge in [0.1, 0.15) is 5.75 Å². The van der Waals surface area contributed by atoms with E-state index in [0.717, 1.165) is 24.6 Å². The fraction of sp³-hybridized carbons (Fsp3) is 0.455. The van der Waals surface area contributed by atoms with Crippen LogP contribution in [0.5, 0.6) is 5.75 Å². The van der Waals surface area contributed by atoms with Gasteiger partial charge in [-0.2, -0.15) is 0 Å². The van der Waals surface area contributed by atoms with Gasteiger partial charge in [0.05, 0.1) is 0 Å². The van der Waals surface area contributed by atoms with Crippen molar-refractivity contribution in [2.24, 2.45) is 5.92 Å². The highest BCUT2D eigenvalue weighted by atomic mass is 16.3. The standard InChI is InChI=1S/C11H15NO/c13-11-4-2-1-3-10(11)8-12-7-9-5-6-9/h1-4,9,12-13H,5-8H2. The SMILES string of the molecule is Oc1ccccc1CNCC1CC1. The average Bonchev–Trinajstić information content (AvgIpc) is 2.92. The lowest BCUT2D eigenvalue weighted by Gasteiger charge is -2.05. The van der Waals surface area contributed by atoms with E-state index in [1.165, 1.54) is 12.8 Å². The van der Waals surface area contributed by atoms with Crippen LogP contribution >= 0.6 is 0 Å². The van der Waals surface area contributed by atoms with Gasteiger partial charge in [-0.3, -0.25) is 0 Å². The summed E-state index contributed by atoms with van der Waals surface area (Å²) in [4.78, 5) is 0. The maximum Gasteiger partial charge on any atom is 0.120 e. The van der Waals surface area contributed by atoms with E-state index in [4.69, 9.17) is 0 Å². The maximum atomic E-state index is 9.45. The molecule has 2 heteroatoms. The van der Waals surface area contributed by atoms with Crippen molar-refractivity contribution in [2.75, 3.05) is 6.54 Å². The van der Waals surface area contributed by atoms with Crippen LogP contribution in [-0.2, 0) is 6.54 Å². The second-order valence-corrected chi connectivity index (χ2v) is 3.70. The van der Waals surface area contributed by atoms with E-state index in [1.807, 2.05) is 18.2 Å². The highest BCUT2D eigenvalue weighted by Gasteiger charge is 2.20.